The first kappa shape index (κ1) is 10.3. The lowest BCUT2D eigenvalue weighted by Crippen LogP contribution is -2.43. The van der Waals surface area contributed by atoms with Gasteiger partial charge in [0.25, 0.3) is 0 Å². The zero-order valence-corrected chi connectivity index (χ0v) is 9.95. The lowest BCUT2D eigenvalue weighted by atomic mass is 9.58. The average molecular weight is 216 g/mol. The summed E-state index contributed by atoms with van der Waals surface area (Å²) < 4.78 is 0. The first-order chi connectivity index (χ1) is 7.70. The van der Waals surface area contributed by atoms with Gasteiger partial charge in [0.05, 0.1) is 6.10 Å². The molecule has 0 radical (unpaired) electrons. The predicted molar refractivity (Wildman–Crippen MR) is 65.5 cm³/mol. The molecule has 1 heteroatoms. The van der Waals surface area contributed by atoms with Crippen LogP contribution in [0.15, 0.2) is 24.3 Å². The van der Waals surface area contributed by atoms with Gasteiger partial charge in [-0.15, -0.1) is 0 Å². The minimum Gasteiger partial charge on any atom is -0.393 e. The molecule has 16 heavy (non-hydrogen) atoms. The van der Waals surface area contributed by atoms with E-state index in [2.05, 4.69) is 31.2 Å². The molecule has 0 unspecified atom stereocenters. The molecule has 86 valence electrons. The van der Waals surface area contributed by atoms with Crippen LogP contribution in [0.5, 0.6) is 0 Å². The Balaban J connectivity index is 2.07. The van der Waals surface area contributed by atoms with E-state index >= 15 is 0 Å². The van der Waals surface area contributed by atoms with Crippen molar-refractivity contribution >= 4 is 0 Å². The molecular weight excluding hydrogens is 196 g/mol. The van der Waals surface area contributed by atoms with Crippen LogP contribution >= 0.6 is 0 Å². The molecule has 1 nitrogen and oxygen atoms in total. The number of hydrogen-bond donors (Lipinski definition) is 1. The SMILES string of the molecule is C[C@]12C[C@H](O)CC[C@H]1CCc1ccccc12. The lowest BCUT2D eigenvalue weighted by molar-refractivity contribution is 0.0470. The predicted octanol–water partition coefficient (Wildman–Crippen LogP) is 3.05. The van der Waals surface area contributed by atoms with E-state index in [1.165, 1.54) is 30.4 Å². The van der Waals surface area contributed by atoms with Gasteiger partial charge in [0.2, 0.25) is 0 Å². The largest absolute Gasteiger partial charge is 0.393 e. The van der Waals surface area contributed by atoms with Gasteiger partial charge in [0.1, 0.15) is 0 Å². The van der Waals surface area contributed by atoms with Crippen molar-refractivity contribution in [1.29, 1.82) is 0 Å². The number of aryl methyl sites for hydroxylation is 1. The summed E-state index contributed by atoms with van der Waals surface area (Å²) in [6.45, 7) is 2.36. The fraction of sp³-hybridized carbons (Fsp3) is 0.600. The first-order valence-electron chi connectivity index (χ1n) is 6.46. The lowest BCUT2D eigenvalue weighted by Gasteiger charge is -2.48. The van der Waals surface area contributed by atoms with Gasteiger partial charge in [-0.2, -0.15) is 0 Å². The highest BCUT2D eigenvalue weighted by molar-refractivity contribution is 5.37. The number of aliphatic hydroxyl groups excluding tert-OH is 1. The zero-order valence-electron chi connectivity index (χ0n) is 9.95. The summed E-state index contributed by atoms with van der Waals surface area (Å²) >= 11 is 0. The monoisotopic (exact) mass is 216 g/mol. The highest BCUT2D eigenvalue weighted by Gasteiger charge is 2.43. The van der Waals surface area contributed by atoms with Crippen LogP contribution in [-0.4, -0.2) is 11.2 Å². The molecule has 0 heterocycles. The molecule has 0 bridgehead atoms. The van der Waals surface area contributed by atoms with Crippen molar-refractivity contribution in [3.8, 4) is 0 Å². The second-order valence-electron chi connectivity index (χ2n) is 5.75. The Hall–Kier alpha value is -0.820. The Morgan fingerprint density at radius 3 is 2.88 bits per heavy atom. The maximum Gasteiger partial charge on any atom is 0.0548 e. The zero-order chi connectivity index (χ0) is 11.2. The van der Waals surface area contributed by atoms with Crippen molar-refractivity contribution in [2.24, 2.45) is 5.92 Å². The van der Waals surface area contributed by atoms with Crippen LogP contribution in [0.3, 0.4) is 0 Å². The summed E-state index contributed by atoms with van der Waals surface area (Å²) in [6.07, 6.45) is 5.60. The van der Waals surface area contributed by atoms with Crippen LogP contribution in [0.25, 0.3) is 0 Å². The normalized spacial score (nSPS) is 37.6. The quantitative estimate of drug-likeness (QED) is 0.706. The van der Waals surface area contributed by atoms with Crippen molar-refractivity contribution in [3.63, 3.8) is 0 Å². The topological polar surface area (TPSA) is 20.2 Å². The standard InChI is InChI=1S/C15H20O/c1-15-10-13(16)9-8-12(15)7-6-11-4-2-3-5-14(11)15/h2-5,12-13,16H,6-10H2,1H3/t12-,13-,15+/m1/s1. The molecule has 0 spiro atoms. The van der Waals surface area contributed by atoms with Crippen LogP contribution < -0.4 is 0 Å². The van der Waals surface area contributed by atoms with Gasteiger partial charge in [-0.25, -0.2) is 0 Å². The number of aliphatic hydroxyl groups is 1. The van der Waals surface area contributed by atoms with Crippen LogP contribution in [0.1, 0.15) is 43.7 Å². The Labute approximate surface area is 97.5 Å². The van der Waals surface area contributed by atoms with E-state index in [1.807, 2.05) is 0 Å². The van der Waals surface area contributed by atoms with Crippen molar-refractivity contribution in [1.82, 2.24) is 0 Å². The third-order valence-corrected chi connectivity index (χ3v) is 4.80. The smallest absolute Gasteiger partial charge is 0.0548 e. The van der Waals surface area contributed by atoms with E-state index in [-0.39, 0.29) is 11.5 Å². The van der Waals surface area contributed by atoms with Gasteiger partial charge in [-0.1, -0.05) is 31.2 Å². The molecule has 1 aromatic rings. The van der Waals surface area contributed by atoms with Gasteiger partial charge in [-0.05, 0) is 54.6 Å². The second kappa shape index (κ2) is 3.59. The molecule has 1 N–H and O–H groups in total. The first-order valence-corrected chi connectivity index (χ1v) is 6.46. The van der Waals surface area contributed by atoms with Gasteiger partial charge in [0, 0.05) is 0 Å². The molecular formula is C15H20O. The van der Waals surface area contributed by atoms with E-state index < -0.39 is 0 Å². The molecule has 0 aliphatic heterocycles. The van der Waals surface area contributed by atoms with Crippen molar-refractivity contribution in [3.05, 3.63) is 35.4 Å². The van der Waals surface area contributed by atoms with Crippen molar-refractivity contribution < 1.29 is 5.11 Å². The maximum absolute atomic E-state index is 9.94. The van der Waals surface area contributed by atoms with Crippen LogP contribution in [0, 0.1) is 5.92 Å². The van der Waals surface area contributed by atoms with E-state index in [0.29, 0.717) is 0 Å². The fourth-order valence-corrected chi connectivity index (χ4v) is 3.89. The molecule has 0 aromatic heterocycles. The summed E-state index contributed by atoms with van der Waals surface area (Å²) in [5.41, 5.74) is 3.24. The number of fused-ring (bicyclic) bond motifs is 3. The molecule has 2 aliphatic rings. The highest BCUT2D eigenvalue weighted by atomic mass is 16.3. The van der Waals surface area contributed by atoms with Crippen LogP contribution in [-0.2, 0) is 11.8 Å². The Morgan fingerprint density at radius 2 is 2.00 bits per heavy atom. The van der Waals surface area contributed by atoms with Crippen molar-refractivity contribution in [2.75, 3.05) is 0 Å². The highest BCUT2D eigenvalue weighted by Crippen LogP contribution is 2.49. The van der Waals surface area contributed by atoms with Gasteiger partial charge in [0.15, 0.2) is 0 Å². The van der Waals surface area contributed by atoms with E-state index in [4.69, 9.17) is 0 Å². The fourth-order valence-electron chi connectivity index (χ4n) is 3.89. The summed E-state index contributed by atoms with van der Waals surface area (Å²) in [6, 6.07) is 8.83. The van der Waals surface area contributed by atoms with Gasteiger partial charge >= 0.3 is 0 Å². The van der Waals surface area contributed by atoms with Crippen LogP contribution in [0.2, 0.25) is 0 Å². The van der Waals surface area contributed by atoms with Crippen molar-refractivity contribution in [2.45, 2.75) is 50.5 Å². The summed E-state index contributed by atoms with van der Waals surface area (Å²) in [7, 11) is 0. The number of hydrogen-bond acceptors (Lipinski definition) is 1. The molecule has 1 fully saturated rings. The molecule has 3 rings (SSSR count). The van der Waals surface area contributed by atoms with E-state index in [9.17, 15) is 5.11 Å². The maximum atomic E-state index is 9.94. The molecule has 0 saturated heterocycles. The number of rotatable bonds is 0. The van der Waals surface area contributed by atoms with Crippen LogP contribution in [0.4, 0.5) is 0 Å². The van der Waals surface area contributed by atoms with E-state index in [0.717, 1.165) is 18.8 Å². The third kappa shape index (κ3) is 1.41. The number of benzene rings is 1. The van der Waals surface area contributed by atoms with E-state index in [1.54, 1.807) is 0 Å². The molecule has 3 atom stereocenters. The summed E-state index contributed by atoms with van der Waals surface area (Å²) in [5.74, 6) is 0.783. The third-order valence-electron chi connectivity index (χ3n) is 4.80. The molecule has 2 aliphatic carbocycles. The molecule has 0 amide bonds. The minimum atomic E-state index is -0.0904. The molecule has 1 aromatic carbocycles. The Kier molecular flexibility index (Phi) is 2.32. The summed E-state index contributed by atoms with van der Waals surface area (Å²) in [5, 5.41) is 9.94. The minimum absolute atomic E-state index is 0.0904. The Bertz CT molecular complexity index is 398. The van der Waals surface area contributed by atoms with Gasteiger partial charge in [-0.3, -0.25) is 0 Å². The second-order valence-corrected chi connectivity index (χ2v) is 5.75. The average Bonchev–Trinajstić information content (AvgIpc) is 2.28. The molecule has 1 saturated carbocycles. The Morgan fingerprint density at radius 1 is 1.19 bits per heavy atom. The summed E-state index contributed by atoms with van der Waals surface area (Å²) in [4.78, 5) is 0. The van der Waals surface area contributed by atoms with Gasteiger partial charge < -0.3 is 5.11 Å².